The van der Waals surface area contributed by atoms with Gasteiger partial charge in [-0.1, -0.05) is 6.07 Å². The van der Waals surface area contributed by atoms with Crippen LogP contribution in [0.15, 0.2) is 22.7 Å². The number of carboxylic acids is 1. The molecule has 0 aliphatic heterocycles. The van der Waals surface area contributed by atoms with E-state index in [2.05, 4.69) is 15.9 Å². The van der Waals surface area contributed by atoms with Gasteiger partial charge in [0.15, 0.2) is 0 Å². The SMILES string of the molecule is O=C(O)C(F)(F)c1ccc(Br)c(F)c1. The highest BCUT2D eigenvalue weighted by Gasteiger charge is 2.41. The van der Waals surface area contributed by atoms with Gasteiger partial charge in [0.2, 0.25) is 0 Å². The lowest BCUT2D eigenvalue weighted by molar-refractivity contribution is -0.166. The zero-order valence-electron chi connectivity index (χ0n) is 6.60. The molecule has 0 aliphatic rings. The predicted octanol–water partition coefficient (Wildman–Crippen LogP) is 2.76. The Labute approximate surface area is 85.5 Å². The summed E-state index contributed by atoms with van der Waals surface area (Å²) >= 11 is 2.77. The van der Waals surface area contributed by atoms with Crippen LogP contribution in [0.1, 0.15) is 5.56 Å². The van der Waals surface area contributed by atoms with Crippen LogP contribution in [-0.4, -0.2) is 11.1 Å². The van der Waals surface area contributed by atoms with Crippen molar-refractivity contribution in [2.45, 2.75) is 5.92 Å². The number of benzene rings is 1. The molecule has 0 heterocycles. The van der Waals surface area contributed by atoms with Crippen LogP contribution in [0.2, 0.25) is 0 Å². The predicted molar refractivity (Wildman–Crippen MR) is 45.6 cm³/mol. The van der Waals surface area contributed by atoms with Gasteiger partial charge in [-0.2, -0.15) is 8.78 Å². The molecule has 0 unspecified atom stereocenters. The van der Waals surface area contributed by atoms with E-state index in [1.165, 1.54) is 0 Å². The first-order chi connectivity index (χ1) is 6.35. The first kappa shape index (κ1) is 11.0. The van der Waals surface area contributed by atoms with Crippen molar-refractivity contribution >= 4 is 21.9 Å². The van der Waals surface area contributed by atoms with Crippen molar-refractivity contribution in [2.24, 2.45) is 0 Å². The monoisotopic (exact) mass is 268 g/mol. The highest BCUT2D eigenvalue weighted by Crippen LogP contribution is 2.30. The summed E-state index contributed by atoms with van der Waals surface area (Å²) in [4.78, 5) is 10.1. The van der Waals surface area contributed by atoms with E-state index >= 15 is 0 Å². The summed E-state index contributed by atoms with van der Waals surface area (Å²) < 4.78 is 38.4. The zero-order valence-corrected chi connectivity index (χ0v) is 8.19. The van der Waals surface area contributed by atoms with Crippen LogP contribution in [0.5, 0.6) is 0 Å². The number of aliphatic carboxylic acids is 1. The fraction of sp³-hybridized carbons (Fsp3) is 0.125. The summed E-state index contributed by atoms with van der Waals surface area (Å²) in [6.07, 6.45) is 0. The standard InChI is InChI=1S/C8H4BrF3O2/c9-5-2-1-4(3-6(5)10)8(11,12)7(13)14/h1-3H,(H,13,14). The van der Waals surface area contributed by atoms with Gasteiger partial charge in [-0.15, -0.1) is 0 Å². The van der Waals surface area contributed by atoms with Crippen LogP contribution in [-0.2, 0) is 10.7 Å². The Balaban J connectivity index is 3.21. The molecule has 1 aromatic rings. The quantitative estimate of drug-likeness (QED) is 0.896. The average Bonchev–Trinajstić information content (AvgIpc) is 2.09. The first-order valence-corrected chi connectivity index (χ1v) is 4.21. The first-order valence-electron chi connectivity index (χ1n) is 3.42. The molecular formula is C8H4BrF3O2. The van der Waals surface area contributed by atoms with Gasteiger partial charge in [-0.25, -0.2) is 9.18 Å². The summed E-state index contributed by atoms with van der Waals surface area (Å²) in [6, 6.07) is 2.36. The van der Waals surface area contributed by atoms with Crippen molar-refractivity contribution in [2.75, 3.05) is 0 Å². The molecule has 0 aromatic heterocycles. The highest BCUT2D eigenvalue weighted by atomic mass is 79.9. The number of alkyl halides is 2. The minimum absolute atomic E-state index is 0.00226. The number of carbonyl (C=O) groups is 1. The minimum atomic E-state index is -4.07. The molecule has 1 aromatic carbocycles. The summed E-state index contributed by atoms with van der Waals surface area (Å²) in [5.74, 6) is -7.30. The second-order valence-corrected chi connectivity index (χ2v) is 3.36. The van der Waals surface area contributed by atoms with E-state index in [0.29, 0.717) is 6.07 Å². The van der Waals surface area contributed by atoms with Gasteiger partial charge in [0, 0.05) is 5.56 Å². The van der Waals surface area contributed by atoms with Gasteiger partial charge < -0.3 is 5.11 Å². The van der Waals surface area contributed by atoms with Crippen LogP contribution >= 0.6 is 15.9 Å². The molecule has 6 heteroatoms. The molecule has 76 valence electrons. The van der Waals surface area contributed by atoms with E-state index in [1.807, 2.05) is 0 Å². The number of hydrogen-bond acceptors (Lipinski definition) is 1. The van der Waals surface area contributed by atoms with Crippen LogP contribution in [0.3, 0.4) is 0 Å². The average molecular weight is 269 g/mol. The third kappa shape index (κ3) is 1.89. The molecular weight excluding hydrogens is 265 g/mol. The van der Waals surface area contributed by atoms with E-state index in [9.17, 15) is 18.0 Å². The number of carboxylic acid groups (broad SMARTS) is 1. The maximum Gasteiger partial charge on any atom is 0.379 e. The van der Waals surface area contributed by atoms with Crippen molar-refractivity contribution in [3.8, 4) is 0 Å². The Bertz CT molecular complexity index is 379. The molecule has 0 aliphatic carbocycles. The highest BCUT2D eigenvalue weighted by molar-refractivity contribution is 9.10. The fourth-order valence-electron chi connectivity index (χ4n) is 0.815. The molecule has 0 saturated carbocycles. The molecule has 0 saturated heterocycles. The summed E-state index contributed by atoms with van der Waals surface area (Å²) in [5, 5.41) is 8.17. The van der Waals surface area contributed by atoms with E-state index in [0.717, 1.165) is 12.1 Å². The Morgan fingerprint density at radius 1 is 1.43 bits per heavy atom. The maximum absolute atomic E-state index is 12.8. The van der Waals surface area contributed by atoms with Gasteiger partial charge >= 0.3 is 11.9 Å². The molecule has 0 bridgehead atoms. The topological polar surface area (TPSA) is 37.3 Å². The van der Waals surface area contributed by atoms with E-state index in [-0.39, 0.29) is 4.47 Å². The smallest absolute Gasteiger partial charge is 0.379 e. The molecule has 0 spiro atoms. The minimum Gasteiger partial charge on any atom is -0.477 e. The normalized spacial score (nSPS) is 11.4. The van der Waals surface area contributed by atoms with Crippen LogP contribution in [0, 0.1) is 5.82 Å². The van der Waals surface area contributed by atoms with Crippen molar-refractivity contribution < 1.29 is 23.1 Å². The Hall–Kier alpha value is -1.04. The lowest BCUT2D eigenvalue weighted by Gasteiger charge is -2.11. The second-order valence-electron chi connectivity index (χ2n) is 2.51. The van der Waals surface area contributed by atoms with Gasteiger partial charge in [0.25, 0.3) is 0 Å². The van der Waals surface area contributed by atoms with Crippen LogP contribution in [0.25, 0.3) is 0 Å². The van der Waals surface area contributed by atoms with E-state index < -0.39 is 23.3 Å². The molecule has 0 atom stereocenters. The molecule has 1 N–H and O–H groups in total. The molecule has 0 radical (unpaired) electrons. The van der Waals surface area contributed by atoms with Crippen molar-refractivity contribution in [1.82, 2.24) is 0 Å². The third-order valence-corrected chi connectivity index (χ3v) is 2.19. The summed E-state index contributed by atoms with van der Waals surface area (Å²) in [7, 11) is 0. The van der Waals surface area contributed by atoms with Crippen molar-refractivity contribution in [3.05, 3.63) is 34.1 Å². The molecule has 0 amide bonds. The number of halogens is 4. The third-order valence-electron chi connectivity index (χ3n) is 1.55. The molecule has 2 nitrogen and oxygen atoms in total. The van der Waals surface area contributed by atoms with Gasteiger partial charge in [0.1, 0.15) is 5.82 Å². The summed E-state index contributed by atoms with van der Waals surface area (Å²) in [6.45, 7) is 0. The zero-order chi connectivity index (χ0) is 10.9. The van der Waals surface area contributed by atoms with E-state index in [4.69, 9.17) is 5.11 Å². The Morgan fingerprint density at radius 2 is 2.00 bits per heavy atom. The van der Waals surface area contributed by atoms with Crippen molar-refractivity contribution in [3.63, 3.8) is 0 Å². The van der Waals surface area contributed by atoms with Crippen LogP contribution in [0.4, 0.5) is 13.2 Å². The van der Waals surface area contributed by atoms with Gasteiger partial charge in [0.05, 0.1) is 4.47 Å². The second kappa shape index (κ2) is 3.61. The number of hydrogen-bond donors (Lipinski definition) is 1. The van der Waals surface area contributed by atoms with Gasteiger partial charge in [-0.3, -0.25) is 0 Å². The Kier molecular flexibility index (Phi) is 2.84. The maximum atomic E-state index is 12.8. The molecule has 14 heavy (non-hydrogen) atoms. The molecule has 0 fully saturated rings. The number of rotatable bonds is 2. The van der Waals surface area contributed by atoms with Crippen LogP contribution < -0.4 is 0 Å². The fourth-order valence-corrected chi connectivity index (χ4v) is 1.06. The molecule has 1 rings (SSSR count). The van der Waals surface area contributed by atoms with E-state index in [1.54, 1.807) is 0 Å². The Morgan fingerprint density at radius 3 is 2.43 bits per heavy atom. The summed E-state index contributed by atoms with van der Waals surface area (Å²) in [5.41, 5.74) is -0.884. The lowest BCUT2D eigenvalue weighted by atomic mass is 10.1. The van der Waals surface area contributed by atoms with Crippen molar-refractivity contribution in [1.29, 1.82) is 0 Å². The largest absolute Gasteiger partial charge is 0.477 e. The lowest BCUT2D eigenvalue weighted by Crippen LogP contribution is -2.25. The van der Waals surface area contributed by atoms with Gasteiger partial charge in [-0.05, 0) is 28.1 Å².